The third-order valence-corrected chi connectivity index (χ3v) is 1.94. The Morgan fingerprint density at radius 3 is 2.23 bits per heavy atom. The highest BCUT2D eigenvalue weighted by Crippen LogP contribution is 2.19. The minimum atomic E-state index is 0.594. The van der Waals surface area contributed by atoms with Gasteiger partial charge in [0, 0.05) is 18.9 Å². The number of nitrogens with zero attached hydrogens (tertiary/aromatic N) is 1. The monoisotopic (exact) mass is 179 g/mol. The number of hydrogen-bond acceptors (Lipinski definition) is 1. The lowest BCUT2D eigenvalue weighted by molar-refractivity contribution is 0.577. The zero-order chi connectivity index (χ0) is 10.4. The first-order chi connectivity index (χ1) is 6.11. The first kappa shape index (κ1) is 12.0. The average Bonchev–Trinajstić information content (AvgIpc) is 2.13. The Bertz CT molecular complexity index is 221. The van der Waals surface area contributed by atoms with Crippen LogP contribution in [0.25, 0.3) is 0 Å². The Labute approximate surface area is 82.4 Å². The number of likely N-dealkylation sites (N-methyl/N-ethyl adjacent to an activating group) is 1. The molecule has 1 rings (SSSR count). The maximum atomic E-state index is 3.93. The van der Waals surface area contributed by atoms with E-state index in [4.69, 9.17) is 0 Å². The van der Waals surface area contributed by atoms with Crippen molar-refractivity contribution in [1.82, 2.24) is 4.90 Å². The molecular weight excluding hydrogens is 158 g/mol. The molecule has 0 saturated carbocycles. The molecule has 1 heteroatoms. The van der Waals surface area contributed by atoms with Crippen LogP contribution in [0.5, 0.6) is 0 Å². The Hall–Kier alpha value is -0.980. The minimum Gasteiger partial charge on any atom is -0.352 e. The van der Waals surface area contributed by atoms with E-state index in [0.29, 0.717) is 5.92 Å². The smallest absolute Gasteiger partial charge is 0.0333 e. The Kier molecular flexibility index (Phi) is 5.20. The van der Waals surface area contributed by atoms with Gasteiger partial charge in [-0.15, -0.1) is 0 Å². The Morgan fingerprint density at radius 1 is 1.31 bits per heavy atom. The van der Waals surface area contributed by atoms with Gasteiger partial charge >= 0.3 is 0 Å². The third-order valence-electron chi connectivity index (χ3n) is 1.94. The largest absolute Gasteiger partial charge is 0.352 e. The first-order valence-electron chi connectivity index (χ1n) is 4.93. The Balaban J connectivity index is 0.000000671. The van der Waals surface area contributed by atoms with E-state index in [-0.39, 0.29) is 0 Å². The van der Waals surface area contributed by atoms with Gasteiger partial charge in [0.15, 0.2) is 0 Å². The summed E-state index contributed by atoms with van der Waals surface area (Å²) in [5, 5.41) is 0. The summed E-state index contributed by atoms with van der Waals surface area (Å²) in [5.41, 5.74) is 2.42. The lowest BCUT2D eigenvalue weighted by Crippen LogP contribution is -2.12. The summed E-state index contributed by atoms with van der Waals surface area (Å²) in [4.78, 5) is 2.02. The van der Waals surface area contributed by atoms with Gasteiger partial charge in [0.2, 0.25) is 0 Å². The molecule has 0 spiro atoms. The minimum absolute atomic E-state index is 0.594. The molecule has 0 N–H and O–H groups in total. The first-order valence-corrected chi connectivity index (χ1v) is 4.93. The lowest BCUT2D eigenvalue weighted by atomic mass is 10.0. The van der Waals surface area contributed by atoms with Crippen LogP contribution in [-0.4, -0.2) is 11.9 Å². The van der Waals surface area contributed by atoms with E-state index in [1.165, 1.54) is 5.57 Å². The van der Waals surface area contributed by atoms with E-state index < -0.39 is 0 Å². The maximum Gasteiger partial charge on any atom is 0.0333 e. The number of hydrogen-bond donors (Lipinski definition) is 0. The summed E-state index contributed by atoms with van der Waals surface area (Å²) in [6, 6.07) is 0. The summed E-state index contributed by atoms with van der Waals surface area (Å²) in [6.07, 6.45) is 6.32. The van der Waals surface area contributed by atoms with Crippen LogP contribution in [0.1, 0.15) is 27.7 Å². The van der Waals surface area contributed by atoms with Gasteiger partial charge in [0.05, 0.1) is 0 Å². The molecule has 0 aromatic carbocycles. The fourth-order valence-electron chi connectivity index (χ4n) is 0.995. The van der Waals surface area contributed by atoms with Gasteiger partial charge in [-0.25, -0.2) is 0 Å². The number of allylic oxidation sites excluding steroid dienone is 3. The molecule has 0 aromatic heterocycles. The second-order valence-electron chi connectivity index (χ2n) is 3.22. The van der Waals surface area contributed by atoms with Crippen LogP contribution in [0.2, 0.25) is 0 Å². The number of rotatable bonds is 1. The van der Waals surface area contributed by atoms with E-state index >= 15 is 0 Å². The SMILES string of the molecule is C=C1C=C(C(C)C)C=CN1C.CC. The molecule has 0 amide bonds. The van der Waals surface area contributed by atoms with E-state index in [1.807, 2.05) is 25.8 Å². The van der Waals surface area contributed by atoms with Crippen LogP contribution in [0.15, 0.2) is 36.2 Å². The quantitative estimate of drug-likeness (QED) is 0.595. The molecule has 1 aliphatic heterocycles. The second-order valence-corrected chi connectivity index (χ2v) is 3.22. The van der Waals surface area contributed by atoms with Gasteiger partial charge < -0.3 is 4.90 Å². The highest BCUT2D eigenvalue weighted by atomic mass is 15.1. The van der Waals surface area contributed by atoms with E-state index in [2.05, 4.69) is 38.8 Å². The topological polar surface area (TPSA) is 3.24 Å². The van der Waals surface area contributed by atoms with Gasteiger partial charge in [-0.1, -0.05) is 34.3 Å². The van der Waals surface area contributed by atoms with Crippen LogP contribution in [0.4, 0.5) is 0 Å². The molecule has 1 aliphatic rings. The zero-order valence-electron chi connectivity index (χ0n) is 9.46. The van der Waals surface area contributed by atoms with Crippen molar-refractivity contribution in [3.8, 4) is 0 Å². The second kappa shape index (κ2) is 5.63. The molecule has 0 aromatic rings. The highest BCUT2D eigenvalue weighted by molar-refractivity contribution is 5.34. The van der Waals surface area contributed by atoms with Crippen LogP contribution < -0.4 is 0 Å². The normalized spacial score (nSPS) is 15.4. The molecule has 0 aliphatic carbocycles. The van der Waals surface area contributed by atoms with Crippen LogP contribution in [0.3, 0.4) is 0 Å². The van der Waals surface area contributed by atoms with Crippen molar-refractivity contribution in [2.75, 3.05) is 7.05 Å². The van der Waals surface area contributed by atoms with Gasteiger partial charge in [-0.2, -0.15) is 0 Å². The summed E-state index contributed by atoms with van der Waals surface area (Å²) in [5.74, 6) is 0.594. The standard InChI is InChI=1S/C10H15N.C2H6/c1-8(2)10-5-6-11(4)9(3)7-10;1-2/h5-8H,3H2,1-2,4H3;1-2H3. The summed E-state index contributed by atoms with van der Waals surface area (Å²) < 4.78 is 0. The molecule has 0 fully saturated rings. The molecule has 0 atom stereocenters. The van der Waals surface area contributed by atoms with Gasteiger partial charge in [-0.05, 0) is 23.6 Å². The van der Waals surface area contributed by atoms with E-state index in [0.717, 1.165) is 5.70 Å². The zero-order valence-corrected chi connectivity index (χ0v) is 9.46. The van der Waals surface area contributed by atoms with Gasteiger partial charge in [0.1, 0.15) is 0 Å². The predicted octanol–water partition coefficient (Wildman–Crippen LogP) is 3.57. The van der Waals surface area contributed by atoms with Crippen molar-refractivity contribution in [3.63, 3.8) is 0 Å². The van der Waals surface area contributed by atoms with Crippen molar-refractivity contribution in [1.29, 1.82) is 0 Å². The van der Waals surface area contributed by atoms with Crippen molar-refractivity contribution in [2.45, 2.75) is 27.7 Å². The fourth-order valence-corrected chi connectivity index (χ4v) is 0.995. The predicted molar refractivity (Wildman–Crippen MR) is 60.3 cm³/mol. The summed E-state index contributed by atoms with van der Waals surface area (Å²) >= 11 is 0. The van der Waals surface area contributed by atoms with Crippen molar-refractivity contribution in [3.05, 3.63) is 36.2 Å². The molecule has 0 bridgehead atoms. The molecular formula is C12H21N. The maximum absolute atomic E-state index is 3.93. The third kappa shape index (κ3) is 3.49. The molecule has 0 radical (unpaired) electrons. The summed E-state index contributed by atoms with van der Waals surface area (Å²) in [7, 11) is 2.01. The molecule has 13 heavy (non-hydrogen) atoms. The molecule has 0 saturated heterocycles. The summed E-state index contributed by atoms with van der Waals surface area (Å²) in [6.45, 7) is 12.3. The highest BCUT2D eigenvalue weighted by Gasteiger charge is 2.06. The average molecular weight is 179 g/mol. The van der Waals surface area contributed by atoms with Crippen molar-refractivity contribution >= 4 is 0 Å². The van der Waals surface area contributed by atoms with Crippen LogP contribution >= 0.6 is 0 Å². The van der Waals surface area contributed by atoms with Crippen molar-refractivity contribution in [2.24, 2.45) is 5.92 Å². The van der Waals surface area contributed by atoms with E-state index in [1.54, 1.807) is 0 Å². The molecule has 74 valence electrons. The molecule has 0 unspecified atom stereocenters. The molecule has 1 heterocycles. The van der Waals surface area contributed by atoms with Crippen LogP contribution in [0, 0.1) is 5.92 Å². The lowest BCUT2D eigenvalue weighted by Gasteiger charge is -2.21. The van der Waals surface area contributed by atoms with Gasteiger partial charge in [-0.3, -0.25) is 0 Å². The fraction of sp³-hybridized carbons (Fsp3) is 0.500. The van der Waals surface area contributed by atoms with Crippen molar-refractivity contribution < 1.29 is 0 Å². The van der Waals surface area contributed by atoms with Crippen LogP contribution in [-0.2, 0) is 0 Å². The van der Waals surface area contributed by atoms with Gasteiger partial charge in [0.25, 0.3) is 0 Å². The van der Waals surface area contributed by atoms with E-state index in [9.17, 15) is 0 Å². The Morgan fingerprint density at radius 2 is 1.85 bits per heavy atom. The molecule has 1 nitrogen and oxygen atoms in total.